The van der Waals surface area contributed by atoms with Crippen molar-refractivity contribution in [2.45, 2.75) is 0 Å². The number of hydrogen-bond donors (Lipinski definition) is 0. The summed E-state index contributed by atoms with van der Waals surface area (Å²) in [6.07, 6.45) is 0. The summed E-state index contributed by atoms with van der Waals surface area (Å²) in [6.45, 7) is 0. The summed E-state index contributed by atoms with van der Waals surface area (Å²) in [4.78, 5) is 26.2. The molecule has 2 aromatic carbocycles. The van der Waals surface area contributed by atoms with Gasteiger partial charge in [-0.15, -0.1) is 0 Å². The predicted octanol–water partition coefficient (Wildman–Crippen LogP) is 5.82. The second-order valence-corrected chi connectivity index (χ2v) is 6.92. The number of imide groups is 1. The summed E-state index contributed by atoms with van der Waals surface area (Å²) in [5, 5.41) is 0.862. The zero-order valence-corrected chi connectivity index (χ0v) is 15.4. The standard InChI is InChI=1S/C16H6Cl5NO2/c17-7-1-3-9(11(20)5-7)13-14(21)16(24)22(15(13)23)12-6-8(18)2-4-10(12)19/h1-6H. The van der Waals surface area contributed by atoms with Crippen LogP contribution >= 0.6 is 58.0 Å². The van der Waals surface area contributed by atoms with Crippen molar-refractivity contribution < 1.29 is 9.59 Å². The van der Waals surface area contributed by atoms with Gasteiger partial charge >= 0.3 is 0 Å². The minimum absolute atomic E-state index is 0.0145. The van der Waals surface area contributed by atoms with Crippen LogP contribution in [-0.2, 0) is 9.59 Å². The average Bonchev–Trinajstić information content (AvgIpc) is 2.73. The van der Waals surface area contributed by atoms with Crippen molar-refractivity contribution >= 4 is 81.1 Å². The zero-order chi connectivity index (χ0) is 17.6. The Bertz CT molecular complexity index is 923. The normalized spacial score (nSPS) is 14.8. The molecule has 0 radical (unpaired) electrons. The van der Waals surface area contributed by atoms with E-state index in [1.54, 1.807) is 12.1 Å². The molecule has 0 bridgehead atoms. The Morgan fingerprint density at radius 3 is 2.00 bits per heavy atom. The molecule has 8 heteroatoms. The monoisotopic (exact) mass is 419 g/mol. The number of nitrogens with zero attached hydrogens (tertiary/aromatic N) is 1. The number of carbonyl (C=O) groups excluding carboxylic acids is 2. The number of rotatable bonds is 2. The van der Waals surface area contributed by atoms with E-state index in [4.69, 9.17) is 58.0 Å². The summed E-state index contributed by atoms with van der Waals surface area (Å²) >= 11 is 30.1. The maximum atomic E-state index is 12.8. The molecule has 0 saturated carbocycles. The Hall–Kier alpha value is -1.23. The van der Waals surface area contributed by atoms with Crippen LogP contribution in [0.15, 0.2) is 41.4 Å². The Balaban J connectivity index is 2.13. The van der Waals surface area contributed by atoms with E-state index in [0.717, 1.165) is 4.90 Å². The molecule has 122 valence electrons. The van der Waals surface area contributed by atoms with Crippen LogP contribution in [0, 0.1) is 0 Å². The van der Waals surface area contributed by atoms with Crippen molar-refractivity contribution in [1.29, 1.82) is 0 Å². The molecule has 3 nitrogen and oxygen atoms in total. The molecule has 0 N–H and O–H groups in total. The average molecular weight is 421 g/mol. The molecule has 0 saturated heterocycles. The molecule has 1 aliphatic heterocycles. The molecule has 3 rings (SSSR count). The van der Waals surface area contributed by atoms with Crippen molar-refractivity contribution in [2.75, 3.05) is 4.90 Å². The van der Waals surface area contributed by atoms with Crippen molar-refractivity contribution in [3.63, 3.8) is 0 Å². The number of benzene rings is 2. The summed E-state index contributed by atoms with van der Waals surface area (Å²) < 4.78 is 0. The molecule has 0 atom stereocenters. The highest BCUT2D eigenvalue weighted by Crippen LogP contribution is 2.40. The van der Waals surface area contributed by atoms with Crippen molar-refractivity contribution in [2.24, 2.45) is 0 Å². The van der Waals surface area contributed by atoms with Gasteiger partial charge in [-0.05, 0) is 30.3 Å². The van der Waals surface area contributed by atoms with Gasteiger partial charge < -0.3 is 0 Å². The van der Waals surface area contributed by atoms with Gasteiger partial charge in [-0.1, -0.05) is 64.1 Å². The third-order valence-electron chi connectivity index (χ3n) is 3.38. The maximum absolute atomic E-state index is 12.8. The van der Waals surface area contributed by atoms with E-state index in [9.17, 15) is 9.59 Å². The van der Waals surface area contributed by atoms with Gasteiger partial charge in [-0.25, -0.2) is 4.90 Å². The quantitative estimate of drug-likeness (QED) is 0.573. The molecule has 0 fully saturated rings. The van der Waals surface area contributed by atoms with Crippen LogP contribution in [-0.4, -0.2) is 11.8 Å². The summed E-state index contributed by atoms with van der Waals surface area (Å²) in [5.74, 6) is -1.34. The van der Waals surface area contributed by atoms with Crippen LogP contribution in [0.25, 0.3) is 5.57 Å². The lowest BCUT2D eigenvalue weighted by molar-refractivity contribution is -0.119. The fraction of sp³-hybridized carbons (Fsp3) is 0. The smallest absolute Gasteiger partial charge is 0.268 e. The SMILES string of the molecule is O=C1C(Cl)=C(c2ccc(Cl)cc2Cl)C(=O)N1c1cc(Cl)ccc1Cl. The van der Waals surface area contributed by atoms with Gasteiger partial charge in [0.1, 0.15) is 5.03 Å². The first-order chi connectivity index (χ1) is 11.3. The van der Waals surface area contributed by atoms with Gasteiger partial charge in [0.25, 0.3) is 11.8 Å². The first kappa shape index (κ1) is 17.6. The lowest BCUT2D eigenvalue weighted by Crippen LogP contribution is -2.31. The molecule has 24 heavy (non-hydrogen) atoms. The highest BCUT2D eigenvalue weighted by Gasteiger charge is 2.40. The van der Waals surface area contributed by atoms with E-state index in [1.807, 2.05) is 0 Å². The Morgan fingerprint density at radius 1 is 0.708 bits per heavy atom. The Kier molecular flexibility index (Phi) is 4.82. The molecule has 0 unspecified atom stereocenters. The topological polar surface area (TPSA) is 37.4 Å². The number of anilines is 1. The maximum Gasteiger partial charge on any atom is 0.277 e. The summed E-state index contributed by atoms with van der Waals surface area (Å²) in [7, 11) is 0. The van der Waals surface area contributed by atoms with Gasteiger partial charge in [-0.3, -0.25) is 9.59 Å². The fourth-order valence-corrected chi connectivity index (χ4v) is 3.44. The number of carbonyl (C=O) groups is 2. The lowest BCUT2D eigenvalue weighted by atomic mass is 10.1. The van der Waals surface area contributed by atoms with Crippen LogP contribution in [0.3, 0.4) is 0 Å². The third kappa shape index (κ3) is 2.92. The van der Waals surface area contributed by atoms with Crippen LogP contribution in [0.2, 0.25) is 20.1 Å². The molecular weight excluding hydrogens is 415 g/mol. The van der Waals surface area contributed by atoms with Crippen molar-refractivity contribution in [3.05, 3.63) is 67.1 Å². The van der Waals surface area contributed by atoms with E-state index < -0.39 is 11.8 Å². The van der Waals surface area contributed by atoms with Gasteiger partial charge in [0.15, 0.2) is 0 Å². The van der Waals surface area contributed by atoms with Crippen LogP contribution in [0.1, 0.15) is 5.56 Å². The third-order valence-corrected chi connectivity index (χ3v) is 4.83. The molecule has 1 aliphatic rings. The zero-order valence-electron chi connectivity index (χ0n) is 11.6. The molecule has 0 aromatic heterocycles. The van der Waals surface area contributed by atoms with Crippen LogP contribution in [0.5, 0.6) is 0 Å². The second kappa shape index (κ2) is 6.58. The van der Waals surface area contributed by atoms with E-state index in [1.165, 1.54) is 24.3 Å². The van der Waals surface area contributed by atoms with E-state index >= 15 is 0 Å². The van der Waals surface area contributed by atoms with Crippen molar-refractivity contribution in [1.82, 2.24) is 0 Å². The Labute approximate surface area is 162 Å². The molecular formula is C16H6Cl5NO2. The second-order valence-electron chi connectivity index (χ2n) is 4.85. The molecule has 2 amide bonds. The highest BCUT2D eigenvalue weighted by atomic mass is 35.5. The molecule has 2 aromatic rings. The summed E-state index contributed by atoms with van der Waals surface area (Å²) in [5.41, 5.74) is 0.446. The number of halogens is 5. The van der Waals surface area contributed by atoms with Gasteiger partial charge in [0, 0.05) is 15.6 Å². The first-order valence-electron chi connectivity index (χ1n) is 6.50. The van der Waals surface area contributed by atoms with E-state index in [2.05, 4.69) is 0 Å². The lowest BCUT2D eigenvalue weighted by Gasteiger charge is -2.17. The largest absolute Gasteiger partial charge is 0.277 e. The van der Waals surface area contributed by atoms with Gasteiger partial charge in [0.2, 0.25) is 0 Å². The molecule has 0 aliphatic carbocycles. The first-order valence-corrected chi connectivity index (χ1v) is 8.39. The van der Waals surface area contributed by atoms with Gasteiger partial charge in [-0.2, -0.15) is 0 Å². The van der Waals surface area contributed by atoms with Crippen molar-refractivity contribution in [3.8, 4) is 0 Å². The van der Waals surface area contributed by atoms with Crippen LogP contribution < -0.4 is 4.90 Å². The van der Waals surface area contributed by atoms with E-state index in [-0.39, 0.29) is 26.3 Å². The van der Waals surface area contributed by atoms with Crippen LogP contribution in [0.4, 0.5) is 5.69 Å². The predicted molar refractivity (Wildman–Crippen MR) is 98.2 cm³/mol. The number of hydrogen-bond acceptors (Lipinski definition) is 2. The van der Waals surface area contributed by atoms with Gasteiger partial charge in [0.05, 0.1) is 21.3 Å². The highest BCUT2D eigenvalue weighted by molar-refractivity contribution is 6.61. The molecule has 1 heterocycles. The Morgan fingerprint density at radius 2 is 1.33 bits per heavy atom. The fourth-order valence-electron chi connectivity index (χ4n) is 2.30. The summed E-state index contributed by atoms with van der Waals surface area (Å²) in [6, 6.07) is 8.98. The minimum atomic E-state index is -0.702. The molecule has 0 spiro atoms. The number of amides is 2. The minimum Gasteiger partial charge on any atom is -0.268 e. The van der Waals surface area contributed by atoms with E-state index in [0.29, 0.717) is 15.6 Å².